The summed E-state index contributed by atoms with van der Waals surface area (Å²) in [6.45, 7) is 3.15. The van der Waals surface area contributed by atoms with Gasteiger partial charge in [0, 0.05) is 35.3 Å². The number of piperidine rings is 2. The van der Waals surface area contributed by atoms with Gasteiger partial charge in [-0.15, -0.1) is 24.0 Å². The van der Waals surface area contributed by atoms with E-state index in [4.69, 9.17) is 11.6 Å². The van der Waals surface area contributed by atoms with E-state index in [0.717, 1.165) is 30.9 Å². The summed E-state index contributed by atoms with van der Waals surface area (Å²) in [5.74, 6) is 0.784. The van der Waals surface area contributed by atoms with E-state index < -0.39 is 6.10 Å². The number of hydrogen-bond donors (Lipinski definition) is 3. The molecule has 7 heteroatoms. The molecule has 0 aromatic heterocycles. The summed E-state index contributed by atoms with van der Waals surface area (Å²) in [6, 6.07) is 9.19. The molecular weight excluding hydrogens is 475 g/mol. The molecule has 0 radical (unpaired) electrons. The lowest BCUT2D eigenvalue weighted by molar-refractivity contribution is 0.0526. The molecule has 0 aliphatic carbocycles. The Bertz CT molecular complexity index is 616. The Morgan fingerprint density at radius 3 is 2.59 bits per heavy atom. The van der Waals surface area contributed by atoms with Gasteiger partial charge in [-0.05, 0) is 45.7 Å². The van der Waals surface area contributed by atoms with E-state index in [1.165, 1.54) is 19.3 Å². The molecule has 27 heavy (non-hydrogen) atoms. The minimum absolute atomic E-state index is 0. The molecule has 0 spiro atoms. The van der Waals surface area contributed by atoms with Crippen LogP contribution in [0.1, 0.15) is 50.7 Å². The number of benzene rings is 1. The highest BCUT2D eigenvalue weighted by atomic mass is 127. The molecule has 0 amide bonds. The Morgan fingerprint density at radius 2 is 1.96 bits per heavy atom. The number of guanidine groups is 1. The maximum Gasteiger partial charge on any atom is 0.191 e. The van der Waals surface area contributed by atoms with E-state index in [-0.39, 0.29) is 24.0 Å². The highest BCUT2D eigenvalue weighted by Crippen LogP contribution is 2.32. The SMILES string of the molecule is CCNC(=NCC(O)c1ccccc1Cl)NC1CC2CCCC(C1)N2C.I. The van der Waals surface area contributed by atoms with E-state index in [2.05, 4.69) is 34.5 Å². The lowest BCUT2D eigenvalue weighted by Crippen LogP contribution is -2.56. The molecular formula is C20H32ClIN4O. The number of nitrogens with zero attached hydrogens (tertiary/aromatic N) is 2. The molecule has 3 unspecified atom stereocenters. The molecule has 3 atom stereocenters. The smallest absolute Gasteiger partial charge is 0.191 e. The zero-order valence-corrected chi connectivity index (χ0v) is 19.3. The van der Waals surface area contributed by atoms with Gasteiger partial charge in [-0.1, -0.05) is 36.2 Å². The van der Waals surface area contributed by atoms with E-state index in [1.807, 2.05) is 18.2 Å². The highest BCUT2D eigenvalue weighted by Gasteiger charge is 2.36. The van der Waals surface area contributed by atoms with Crippen molar-refractivity contribution in [3.05, 3.63) is 34.9 Å². The number of fused-ring (bicyclic) bond motifs is 2. The summed E-state index contributed by atoms with van der Waals surface area (Å²) >= 11 is 6.17. The van der Waals surface area contributed by atoms with Crippen LogP contribution in [0.3, 0.4) is 0 Å². The molecule has 2 fully saturated rings. The van der Waals surface area contributed by atoms with Gasteiger partial charge >= 0.3 is 0 Å². The summed E-state index contributed by atoms with van der Waals surface area (Å²) in [5.41, 5.74) is 0.725. The Kier molecular flexibility index (Phi) is 9.11. The number of aliphatic hydroxyl groups is 1. The normalized spacial score (nSPS) is 26.8. The van der Waals surface area contributed by atoms with Gasteiger partial charge in [-0.3, -0.25) is 4.99 Å². The third-order valence-electron chi connectivity index (χ3n) is 5.71. The first-order valence-electron chi connectivity index (χ1n) is 9.77. The predicted molar refractivity (Wildman–Crippen MR) is 123 cm³/mol. The first-order chi connectivity index (χ1) is 12.6. The first-order valence-corrected chi connectivity index (χ1v) is 10.2. The highest BCUT2D eigenvalue weighted by molar-refractivity contribution is 14.0. The van der Waals surface area contributed by atoms with Gasteiger partial charge in [0.15, 0.2) is 5.96 Å². The molecule has 2 saturated heterocycles. The van der Waals surface area contributed by atoms with E-state index in [1.54, 1.807) is 6.07 Å². The van der Waals surface area contributed by atoms with Crippen molar-refractivity contribution in [3.63, 3.8) is 0 Å². The van der Waals surface area contributed by atoms with E-state index in [0.29, 0.717) is 29.7 Å². The molecule has 0 saturated carbocycles. The Morgan fingerprint density at radius 1 is 1.30 bits per heavy atom. The van der Waals surface area contributed by atoms with Gasteiger partial charge in [0.1, 0.15) is 6.10 Å². The zero-order valence-electron chi connectivity index (χ0n) is 16.2. The van der Waals surface area contributed by atoms with Gasteiger partial charge < -0.3 is 20.6 Å². The van der Waals surface area contributed by atoms with Crippen molar-refractivity contribution in [1.29, 1.82) is 0 Å². The molecule has 3 rings (SSSR count). The van der Waals surface area contributed by atoms with Crippen LogP contribution in [0.5, 0.6) is 0 Å². The van der Waals surface area contributed by atoms with Crippen molar-refractivity contribution in [1.82, 2.24) is 15.5 Å². The average molecular weight is 507 g/mol. The topological polar surface area (TPSA) is 59.9 Å². The third kappa shape index (κ3) is 5.95. The number of hydrogen-bond acceptors (Lipinski definition) is 3. The van der Waals surface area contributed by atoms with Gasteiger partial charge in [0.2, 0.25) is 0 Å². The molecule has 5 nitrogen and oxygen atoms in total. The van der Waals surface area contributed by atoms with Crippen LogP contribution in [0.2, 0.25) is 5.02 Å². The minimum Gasteiger partial charge on any atom is -0.386 e. The number of nitrogens with one attached hydrogen (secondary N) is 2. The maximum absolute atomic E-state index is 10.4. The molecule has 152 valence electrons. The fraction of sp³-hybridized carbons (Fsp3) is 0.650. The van der Waals surface area contributed by atoms with Crippen LogP contribution in [-0.4, -0.2) is 54.2 Å². The first kappa shape index (κ1) is 22.7. The predicted octanol–water partition coefficient (Wildman–Crippen LogP) is 3.56. The number of rotatable bonds is 5. The van der Waals surface area contributed by atoms with Gasteiger partial charge in [-0.2, -0.15) is 0 Å². The largest absolute Gasteiger partial charge is 0.386 e. The maximum atomic E-state index is 10.4. The van der Waals surface area contributed by atoms with Crippen molar-refractivity contribution < 1.29 is 5.11 Å². The lowest BCUT2D eigenvalue weighted by atomic mass is 9.82. The zero-order chi connectivity index (χ0) is 18.5. The molecule has 2 aliphatic heterocycles. The fourth-order valence-electron chi connectivity index (χ4n) is 4.27. The van der Waals surface area contributed by atoms with Crippen LogP contribution in [0.4, 0.5) is 0 Å². The summed E-state index contributed by atoms with van der Waals surface area (Å²) in [5, 5.41) is 17.9. The molecule has 2 bridgehead atoms. The molecule has 1 aromatic carbocycles. The Balaban J connectivity index is 0.00000261. The van der Waals surface area contributed by atoms with Crippen molar-refractivity contribution in [2.45, 2.75) is 63.3 Å². The second kappa shape index (κ2) is 10.8. The summed E-state index contributed by atoms with van der Waals surface area (Å²) in [6.07, 6.45) is 5.56. The summed E-state index contributed by atoms with van der Waals surface area (Å²) in [7, 11) is 2.27. The van der Waals surface area contributed by atoms with E-state index >= 15 is 0 Å². The minimum atomic E-state index is -0.698. The van der Waals surface area contributed by atoms with Crippen molar-refractivity contribution >= 4 is 41.5 Å². The molecule has 2 heterocycles. The van der Waals surface area contributed by atoms with Crippen LogP contribution in [0, 0.1) is 0 Å². The van der Waals surface area contributed by atoms with Crippen LogP contribution in [0.25, 0.3) is 0 Å². The molecule has 3 N–H and O–H groups in total. The van der Waals surface area contributed by atoms with Crippen LogP contribution in [0.15, 0.2) is 29.3 Å². The van der Waals surface area contributed by atoms with Gasteiger partial charge in [0.05, 0.1) is 6.54 Å². The van der Waals surface area contributed by atoms with Crippen molar-refractivity contribution in [2.24, 2.45) is 4.99 Å². The Labute approximate surface area is 185 Å². The number of aliphatic imine (C=N–C) groups is 1. The van der Waals surface area contributed by atoms with E-state index in [9.17, 15) is 5.11 Å². The molecule has 2 aliphatic rings. The summed E-state index contributed by atoms with van der Waals surface area (Å²) < 4.78 is 0. The van der Waals surface area contributed by atoms with Crippen molar-refractivity contribution in [3.8, 4) is 0 Å². The number of halogens is 2. The molecule has 1 aromatic rings. The van der Waals surface area contributed by atoms with Crippen LogP contribution >= 0.6 is 35.6 Å². The lowest BCUT2D eigenvalue weighted by Gasteiger charge is -2.47. The van der Waals surface area contributed by atoms with Crippen molar-refractivity contribution in [2.75, 3.05) is 20.1 Å². The standard InChI is InChI=1S/C20H31ClN4O.HI/c1-3-22-20(23-13-19(26)17-9-4-5-10-18(17)21)24-14-11-15-7-6-8-16(12-14)25(15)2;/h4-5,9-10,14-16,19,26H,3,6-8,11-13H2,1-2H3,(H2,22,23,24);1H. The average Bonchev–Trinajstić information content (AvgIpc) is 2.61. The second-order valence-corrected chi connectivity index (χ2v) is 7.88. The Hall–Kier alpha value is -0.570. The van der Waals surface area contributed by atoms with Crippen LogP contribution in [-0.2, 0) is 0 Å². The van der Waals surface area contributed by atoms with Gasteiger partial charge in [0.25, 0.3) is 0 Å². The quantitative estimate of drug-likeness (QED) is 0.325. The van der Waals surface area contributed by atoms with Crippen LogP contribution < -0.4 is 10.6 Å². The number of aliphatic hydroxyl groups excluding tert-OH is 1. The third-order valence-corrected chi connectivity index (χ3v) is 6.06. The summed E-state index contributed by atoms with van der Waals surface area (Å²) in [4.78, 5) is 7.17. The van der Waals surface area contributed by atoms with Gasteiger partial charge in [-0.25, -0.2) is 0 Å². The monoisotopic (exact) mass is 506 g/mol. The fourth-order valence-corrected chi connectivity index (χ4v) is 4.53. The second-order valence-electron chi connectivity index (χ2n) is 7.47.